The Morgan fingerprint density at radius 1 is 1.29 bits per heavy atom. The van der Waals surface area contributed by atoms with Gasteiger partial charge in [0.05, 0.1) is 0 Å². The first-order chi connectivity index (χ1) is 9.86. The van der Waals surface area contributed by atoms with Crippen LogP contribution >= 0.6 is 0 Å². The van der Waals surface area contributed by atoms with Crippen molar-refractivity contribution in [3.05, 3.63) is 29.1 Å². The average molecular weight is 303 g/mol. The summed E-state index contributed by atoms with van der Waals surface area (Å²) >= 11 is 0. The second-order valence-electron chi connectivity index (χ2n) is 4.58. The minimum Gasteiger partial charge on any atom is -0.396 e. The van der Waals surface area contributed by atoms with E-state index in [4.69, 9.17) is 5.11 Å². The quantitative estimate of drug-likeness (QED) is 0.906. The van der Waals surface area contributed by atoms with Crippen LogP contribution in [-0.4, -0.2) is 36.3 Å². The van der Waals surface area contributed by atoms with Crippen LogP contribution in [0.1, 0.15) is 29.8 Å². The van der Waals surface area contributed by atoms with Crippen LogP contribution in [0, 0.1) is 6.92 Å². The maximum absolute atomic E-state index is 12.9. The highest BCUT2D eigenvalue weighted by atomic mass is 19.4. The molecule has 0 atom stereocenters. The number of alkyl halides is 3. The molecule has 2 aromatic rings. The number of hydrogen-bond acceptors (Lipinski definition) is 4. The molecule has 2 rings (SSSR count). The van der Waals surface area contributed by atoms with Crippen LogP contribution in [0.2, 0.25) is 0 Å². The number of nitrogens with zero attached hydrogens (tertiary/aromatic N) is 5. The number of rotatable bonds is 5. The highest BCUT2D eigenvalue weighted by Crippen LogP contribution is 2.31. The van der Waals surface area contributed by atoms with Gasteiger partial charge in [0.2, 0.25) is 0 Å². The van der Waals surface area contributed by atoms with E-state index < -0.39 is 11.9 Å². The Morgan fingerprint density at radius 3 is 2.57 bits per heavy atom. The number of halogens is 3. The molecule has 0 saturated carbocycles. The van der Waals surface area contributed by atoms with Gasteiger partial charge in [0.1, 0.15) is 12.4 Å². The summed E-state index contributed by atoms with van der Waals surface area (Å²) in [4.78, 5) is 0. The summed E-state index contributed by atoms with van der Waals surface area (Å²) in [5.74, 6) is 1.24. The van der Waals surface area contributed by atoms with Crippen molar-refractivity contribution in [3.8, 4) is 0 Å². The Balaban J connectivity index is 2.32. The second-order valence-corrected chi connectivity index (χ2v) is 4.58. The Morgan fingerprint density at radius 2 is 2.00 bits per heavy atom. The lowest BCUT2D eigenvalue weighted by Crippen LogP contribution is -2.12. The summed E-state index contributed by atoms with van der Waals surface area (Å²) in [6, 6.07) is 0. The van der Waals surface area contributed by atoms with Crippen LogP contribution in [0.4, 0.5) is 13.2 Å². The van der Waals surface area contributed by atoms with Gasteiger partial charge >= 0.3 is 6.18 Å². The molecule has 116 valence electrons. The fraction of sp³-hybridized carbons (Fsp3) is 0.583. The van der Waals surface area contributed by atoms with E-state index in [0.717, 1.165) is 0 Å². The maximum atomic E-state index is 12.9. The van der Waals surface area contributed by atoms with E-state index in [1.54, 1.807) is 11.5 Å². The van der Waals surface area contributed by atoms with E-state index in [9.17, 15) is 13.2 Å². The first kappa shape index (κ1) is 15.5. The predicted octanol–water partition coefficient (Wildman–Crippen LogP) is 1.40. The van der Waals surface area contributed by atoms with Gasteiger partial charge < -0.3 is 9.67 Å². The lowest BCUT2D eigenvalue weighted by atomic mass is 10.2. The molecule has 1 N–H and O–H groups in total. The molecule has 6 nitrogen and oxygen atoms in total. The van der Waals surface area contributed by atoms with Crippen LogP contribution in [0.15, 0.2) is 6.20 Å². The molecule has 0 bridgehead atoms. The molecular formula is C12H16F3N5O. The molecular weight excluding hydrogens is 287 g/mol. The van der Waals surface area contributed by atoms with Crippen LogP contribution in [0.25, 0.3) is 0 Å². The van der Waals surface area contributed by atoms with E-state index in [-0.39, 0.29) is 25.1 Å². The smallest absolute Gasteiger partial charge is 0.396 e. The number of aromatic nitrogens is 5. The standard InChI is InChI=1S/C12H16F3N5O/c1-3-20-8(2)16-17-10(20)7-19-6-9(4-5-21)11(18-19)12(13,14)15/h6,21H,3-5,7H2,1-2H3. The average Bonchev–Trinajstić information content (AvgIpc) is 2.94. The van der Waals surface area contributed by atoms with Crippen LogP contribution < -0.4 is 0 Å². The molecule has 0 spiro atoms. The molecule has 0 aliphatic rings. The summed E-state index contributed by atoms with van der Waals surface area (Å²) in [6.07, 6.45) is -3.33. The van der Waals surface area contributed by atoms with Gasteiger partial charge in [0.25, 0.3) is 0 Å². The lowest BCUT2D eigenvalue weighted by molar-refractivity contribution is -0.142. The van der Waals surface area contributed by atoms with Crippen molar-refractivity contribution in [3.63, 3.8) is 0 Å². The highest BCUT2D eigenvalue weighted by Gasteiger charge is 2.37. The van der Waals surface area contributed by atoms with Crippen molar-refractivity contribution in [1.29, 1.82) is 0 Å². The Kier molecular flexibility index (Phi) is 4.31. The zero-order valence-corrected chi connectivity index (χ0v) is 11.7. The predicted molar refractivity (Wildman–Crippen MR) is 67.6 cm³/mol. The molecule has 2 aromatic heterocycles. The fourth-order valence-electron chi connectivity index (χ4n) is 2.18. The molecule has 0 radical (unpaired) electrons. The topological polar surface area (TPSA) is 68.8 Å². The molecule has 0 aliphatic heterocycles. The van der Waals surface area contributed by atoms with Crippen LogP contribution in [0.3, 0.4) is 0 Å². The van der Waals surface area contributed by atoms with Gasteiger partial charge in [-0.05, 0) is 20.3 Å². The minimum atomic E-state index is -4.54. The van der Waals surface area contributed by atoms with Gasteiger partial charge in [-0.2, -0.15) is 18.3 Å². The van der Waals surface area contributed by atoms with Crippen molar-refractivity contribution < 1.29 is 18.3 Å². The third-order valence-corrected chi connectivity index (χ3v) is 3.12. The lowest BCUT2D eigenvalue weighted by Gasteiger charge is -2.05. The van der Waals surface area contributed by atoms with Crippen molar-refractivity contribution in [2.45, 2.75) is 39.5 Å². The van der Waals surface area contributed by atoms with Gasteiger partial charge in [-0.1, -0.05) is 0 Å². The SMILES string of the molecule is CCn1c(C)nnc1Cn1cc(CCO)c(C(F)(F)F)n1. The zero-order chi connectivity index (χ0) is 15.6. The van der Waals surface area contributed by atoms with E-state index in [1.165, 1.54) is 10.9 Å². The van der Waals surface area contributed by atoms with Crippen LogP contribution in [0.5, 0.6) is 0 Å². The molecule has 21 heavy (non-hydrogen) atoms. The van der Waals surface area contributed by atoms with E-state index in [1.807, 2.05) is 6.92 Å². The van der Waals surface area contributed by atoms with Gasteiger partial charge in [0.15, 0.2) is 11.5 Å². The third-order valence-electron chi connectivity index (χ3n) is 3.12. The molecule has 2 heterocycles. The first-order valence-corrected chi connectivity index (χ1v) is 6.49. The third kappa shape index (κ3) is 3.23. The number of aliphatic hydroxyl groups is 1. The van der Waals surface area contributed by atoms with Gasteiger partial charge in [0, 0.05) is 24.9 Å². The largest absolute Gasteiger partial charge is 0.435 e. The van der Waals surface area contributed by atoms with E-state index in [0.29, 0.717) is 18.2 Å². The molecule has 0 aliphatic carbocycles. The Hall–Kier alpha value is -1.90. The number of hydrogen-bond donors (Lipinski definition) is 1. The molecule has 0 aromatic carbocycles. The second kappa shape index (κ2) is 5.84. The summed E-state index contributed by atoms with van der Waals surface area (Å²) in [6.45, 7) is 4.05. The Labute approximate surface area is 119 Å². The highest BCUT2D eigenvalue weighted by molar-refractivity contribution is 5.20. The molecule has 0 unspecified atom stereocenters. The van der Waals surface area contributed by atoms with Gasteiger partial charge in [-0.25, -0.2) is 0 Å². The molecule has 0 saturated heterocycles. The van der Waals surface area contributed by atoms with E-state index in [2.05, 4.69) is 15.3 Å². The van der Waals surface area contributed by atoms with Crippen molar-refractivity contribution >= 4 is 0 Å². The van der Waals surface area contributed by atoms with Crippen LogP contribution in [-0.2, 0) is 25.7 Å². The number of aryl methyl sites for hydroxylation is 1. The van der Waals surface area contributed by atoms with E-state index >= 15 is 0 Å². The molecule has 0 amide bonds. The summed E-state index contributed by atoms with van der Waals surface area (Å²) in [7, 11) is 0. The van der Waals surface area contributed by atoms with Crippen molar-refractivity contribution in [1.82, 2.24) is 24.5 Å². The van der Waals surface area contributed by atoms with Gasteiger partial charge in [-0.15, -0.1) is 10.2 Å². The van der Waals surface area contributed by atoms with Gasteiger partial charge in [-0.3, -0.25) is 4.68 Å². The summed E-state index contributed by atoms with van der Waals surface area (Å²) in [5.41, 5.74) is -0.986. The minimum absolute atomic E-state index is 0.0238. The Bertz CT molecular complexity index is 617. The fourth-order valence-corrected chi connectivity index (χ4v) is 2.18. The molecule has 0 fully saturated rings. The maximum Gasteiger partial charge on any atom is 0.435 e. The van der Waals surface area contributed by atoms with Crippen molar-refractivity contribution in [2.24, 2.45) is 0 Å². The zero-order valence-electron chi connectivity index (χ0n) is 11.7. The number of aliphatic hydroxyl groups excluding tert-OH is 1. The van der Waals surface area contributed by atoms with Crippen molar-refractivity contribution in [2.75, 3.05) is 6.61 Å². The molecule has 9 heteroatoms. The summed E-state index contributed by atoms with van der Waals surface area (Å²) < 4.78 is 41.6. The first-order valence-electron chi connectivity index (χ1n) is 6.49. The normalized spacial score (nSPS) is 12.1. The monoisotopic (exact) mass is 303 g/mol. The summed E-state index contributed by atoms with van der Waals surface area (Å²) in [5, 5.41) is 20.3.